The predicted octanol–water partition coefficient (Wildman–Crippen LogP) is 4.26. The van der Waals surface area contributed by atoms with E-state index in [1.165, 1.54) is 6.92 Å². The number of halogens is 3. The smallest absolute Gasteiger partial charge is 0.398 e. The Hall–Kier alpha value is -3.61. The Morgan fingerprint density at radius 1 is 1.18 bits per heavy atom. The van der Waals surface area contributed by atoms with Crippen LogP contribution < -0.4 is 11.6 Å². The van der Waals surface area contributed by atoms with E-state index in [0.717, 1.165) is 33.3 Å². The van der Waals surface area contributed by atoms with E-state index in [2.05, 4.69) is 11.1 Å². The van der Waals surface area contributed by atoms with Crippen molar-refractivity contribution >= 4 is 10.9 Å². The van der Waals surface area contributed by atoms with Crippen LogP contribution >= 0.6 is 0 Å². The van der Waals surface area contributed by atoms with E-state index >= 15 is 0 Å². The third-order valence-corrected chi connectivity index (χ3v) is 5.48. The van der Waals surface area contributed by atoms with Gasteiger partial charge in [-0.3, -0.25) is 0 Å². The van der Waals surface area contributed by atoms with Crippen LogP contribution in [-0.2, 0) is 6.54 Å². The van der Waals surface area contributed by atoms with Crippen LogP contribution in [0.15, 0.2) is 60.4 Å². The molecule has 0 aliphatic heterocycles. The van der Waals surface area contributed by atoms with Gasteiger partial charge in [0.1, 0.15) is 11.8 Å². The lowest BCUT2D eigenvalue weighted by Crippen LogP contribution is -2.49. The zero-order valence-electron chi connectivity index (χ0n) is 18.2. The molecule has 1 atom stereocenters. The number of rotatable bonds is 6. The quantitative estimate of drug-likeness (QED) is 0.378. The van der Waals surface area contributed by atoms with Crippen molar-refractivity contribution in [2.24, 2.45) is 11.6 Å². The molecule has 0 fully saturated rings. The average Bonchev–Trinajstić information content (AvgIpc) is 2.77. The van der Waals surface area contributed by atoms with Crippen molar-refractivity contribution in [3.63, 3.8) is 0 Å². The maximum absolute atomic E-state index is 13.2. The SMILES string of the molecule is CCC(O)(/C(N)=C/N(N)Cc1ccc2c(-c3ccc(C)cc3)cc(C#N)nc2c1)C(F)(F)F. The zero-order chi connectivity index (χ0) is 24.4. The number of nitrogens with zero attached hydrogens (tertiary/aromatic N) is 3. The van der Waals surface area contributed by atoms with Gasteiger partial charge in [0.05, 0.1) is 17.8 Å². The lowest BCUT2D eigenvalue weighted by molar-refractivity contribution is -0.245. The van der Waals surface area contributed by atoms with Gasteiger partial charge in [0.15, 0.2) is 0 Å². The fourth-order valence-corrected chi connectivity index (χ4v) is 3.51. The summed E-state index contributed by atoms with van der Waals surface area (Å²) in [4.78, 5) is 4.36. The molecule has 0 aliphatic carbocycles. The first-order valence-corrected chi connectivity index (χ1v) is 10.2. The van der Waals surface area contributed by atoms with Crippen LogP contribution in [0.2, 0.25) is 0 Å². The summed E-state index contributed by atoms with van der Waals surface area (Å²) in [6.45, 7) is 3.17. The lowest BCUT2D eigenvalue weighted by Gasteiger charge is -2.30. The molecule has 0 radical (unpaired) electrons. The van der Waals surface area contributed by atoms with Crippen LogP contribution in [0, 0.1) is 18.3 Å². The van der Waals surface area contributed by atoms with Gasteiger partial charge in [-0.25, -0.2) is 10.8 Å². The molecule has 0 bridgehead atoms. The molecule has 9 heteroatoms. The Kier molecular flexibility index (Phi) is 6.63. The van der Waals surface area contributed by atoms with E-state index in [0.29, 0.717) is 11.1 Å². The summed E-state index contributed by atoms with van der Waals surface area (Å²) in [5.41, 5.74) is 5.89. The molecule has 0 amide bonds. The molecule has 1 aromatic heterocycles. The van der Waals surface area contributed by atoms with Gasteiger partial charge in [0.25, 0.3) is 0 Å². The predicted molar refractivity (Wildman–Crippen MR) is 120 cm³/mol. The molecule has 5 N–H and O–H groups in total. The third kappa shape index (κ3) is 4.92. The summed E-state index contributed by atoms with van der Waals surface area (Å²) in [6, 6.07) is 17.0. The minimum atomic E-state index is -4.93. The number of nitrogens with two attached hydrogens (primary N) is 2. The zero-order valence-corrected chi connectivity index (χ0v) is 18.2. The summed E-state index contributed by atoms with van der Waals surface area (Å²) in [5, 5.41) is 21.2. The van der Waals surface area contributed by atoms with Crippen molar-refractivity contribution in [2.75, 3.05) is 0 Å². The number of alkyl halides is 3. The molecule has 0 saturated carbocycles. The van der Waals surface area contributed by atoms with E-state index < -0.39 is 23.9 Å². The first-order valence-electron chi connectivity index (χ1n) is 10.2. The number of fused-ring (bicyclic) bond motifs is 1. The van der Waals surface area contributed by atoms with Crippen LogP contribution in [0.1, 0.15) is 30.2 Å². The minimum Gasteiger partial charge on any atom is -0.398 e. The molecule has 6 nitrogen and oxygen atoms in total. The van der Waals surface area contributed by atoms with Crippen molar-refractivity contribution in [2.45, 2.75) is 38.6 Å². The summed E-state index contributed by atoms with van der Waals surface area (Å²) >= 11 is 0. The van der Waals surface area contributed by atoms with Gasteiger partial charge in [0.2, 0.25) is 5.60 Å². The molecule has 1 unspecified atom stereocenters. The van der Waals surface area contributed by atoms with Gasteiger partial charge in [-0.15, -0.1) is 0 Å². The molecular formula is C24H24F3N5O. The molecule has 1 heterocycles. The fourth-order valence-electron chi connectivity index (χ4n) is 3.51. The first kappa shape index (κ1) is 24.0. The Balaban J connectivity index is 1.96. The van der Waals surface area contributed by atoms with Gasteiger partial charge >= 0.3 is 6.18 Å². The number of hydrogen-bond donors (Lipinski definition) is 3. The Morgan fingerprint density at radius 2 is 1.85 bits per heavy atom. The van der Waals surface area contributed by atoms with Crippen molar-refractivity contribution in [3.05, 3.63) is 77.2 Å². The second kappa shape index (κ2) is 9.10. The Labute approximate surface area is 189 Å². The number of aromatic nitrogens is 1. The number of aryl methyl sites for hydroxylation is 1. The van der Waals surface area contributed by atoms with Crippen molar-refractivity contribution in [1.82, 2.24) is 9.99 Å². The molecule has 172 valence electrons. The monoisotopic (exact) mass is 455 g/mol. The number of nitriles is 1. The highest BCUT2D eigenvalue weighted by Gasteiger charge is 2.54. The normalized spacial score (nSPS) is 14.1. The summed E-state index contributed by atoms with van der Waals surface area (Å²) < 4.78 is 39.6. The van der Waals surface area contributed by atoms with E-state index in [9.17, 15) is 23.5 Å². The van der Waals surface area contributed by atoms with E-state index in [-0.39, 0.29) is 12.2 Å². The molecule has 33 heavy (non-hydrogen) atoms. The molecule has 3 rings (SSSR count). The standard InChI is InChI=1S/C24H24F3N5O/c1-3-23(33,24(25,26)27)22(29)14-32(30)13-16-6-9-19-20(17-7-4-15(2)5-8-17)11-18(12-28)31-21(19)10-16/h4-11,14,33H,3,13,29-30H2,1-2H3/b22-14-. The molecular weight excluding hydrogens is 431 g/mol. The molecule has 0 aliphatic rings. The van der Waals surface area contributed by atoms with Crippen LogP contribution in [0.5, 0.6) is 0 Å². The second-order valence-electron chi connectivity index (χ2n) is 7.85. The molecule has 0 spiro atoms. The fraction of sp³-hybridized carbons (Fsp3) is 0.250. The van der Waals surface area contributed by atoms with Crippen LogP contribution in [0.4, 0.5) is 13.2 Å². The Bertz CT molecular complexity index is 1230. The third-order valence-electron chi connectivity index (χ3n) is 5.48. The first-order chi connectivity index (χ1) is 15.5. The van der Waals surface area contributed by atoms with Crippen molar-refractivity contribution < 1.29 is 18.3 Å². The van der Waals surface area contributed by atoms with Crippen molar-refractivity contribution in [1.29, 1.82) is 5.26 Å². The number of benzene rings is 2. The molecule has 3 aromatic rings. The highest BCUT2D eigenvalue weighted by molar-refractivity contribution is 5.95. The lowest BCUT2D eigenvalue weighted by atomic mass is 9.96. The summed E-state index contributed by atoms with van der Waals surface area (Å²) in [7, 11) is 0. The van der Waals surface area contributed by atoms with Crippen LogP contribution in [-0.4, -0.2) is 26.9 Å². The molecule has 2 aromatic carbocycles. The number of pyridine rings is 1. The van der Waals surface area contributed by atoms with Crippen molar-refractivity contribution in [3.8, 4) is 17.2 Å². The number of hydrazine groups is 1. The summed E-state index contributed by atoms with van der Waals surface area (Å²) in [5.74, 6) is 5.86. The van der Waals surface area contributed by atoms with Gasteiger partial charge in [-0.1, -0.05) is 48.9 Å². The van der Waals surface area contributed by atoms with Gasteiger partial charge in [0, 0.05) is 11.6 Å². The summed E-state index contributed by atoms with van der Waals surface area (Å²) in [6.07, 6.45) is -4.71. The van der Waals surface area contributed by atoms with Gasteiger partial charge in [-0.05, 0) is 42.2 Å². The van der Waals surface area contributed by atoms with Crippen LogP contribution in [0.3, 0.4) is 0 Å². The second-order valence-corrected chi connectivity index (χ2v) is 7.85. The maximum atomic E-state index is 13.2. The number of aliphatic hydroxyl groups is 1. The van der Waals surface area contributed by atoms with E-state index in [1.807, 2.05) is 37.3 Å². The maximum Gasteiger partial charge on any atom is 0.422 e. The largest absolute Gasteiger partial charge is 0.422 e. The minimum absolute atomic E-state index is 0.00657. The number of hydrogen-bond acceptors (Lipinski definition) is 6. The van der Waals surface area contributed by atoms with E-state index in [4.69, 9.17) is 11.6 Å². The van der Waals surface area contributed by atoms with Gasteiger partial charge < -0.3 is 15.8 Å². The van der Waals surface area contributed by atoms with E-state index in [1.54, 1.807) is 18.2 Å². The highest BCUT2D eigenvalue weighted by Crippen LogP contribution is 2.37. The van der Waals surface area contributed by atoms with Crippen LogP contribution in [0.25, 0.3) is 22.0 Å². The topological polar surface area (TPSA) is 112 Å². The molecule has 0 saturated heterocycles. The Morgan fingerprint density at radius 3 is 2.42 bits per heavy atom. The highest BCUT2D eigenvalue weighted by atomic mass is 19.4. The van der Waals surface area contributed by atoms with Gasteiger partial charge in [-0.2, -0.15) is 18.4 Å². The average molecular weight is 455 g/mol.